The highest BCUT2D eigenvalue weighted by Gasteiger charge is 2.44. The number of anilines is 1. The van der Waals surface area contributed by atoms with Crippen LogP contribution in [0.1, 0.15) is 11.1 Å². The van der Waals surface area contributed by atoms with Gasteiger partial charge < -0.3 is 10.2 Å². The third-order valence-corrected chi connectivity index (χ3v) is 4.07. The summed E-state index contributed by atoms with van der Waals surface area (Å²) >= 11 is 0. The molecule has 0 aliphatic carbocycles. The second kappa shape index (κ2) is 7.24. The van der Waals surface area contributed by atoms with Crippen LogP contribution >= 0.6 is 0 Å². The number of carbonyl (C=O) groups excluding carboxylic acids is 3. The maximum atomic E-state index is 12.6. The number of methoxy groups -OCH3 is 1. The zero-order valence-electron chi connectivity index (χ0n) is 14.1. The number of ether oxygens (including phenoxy) is 1. The molecular formula is C18H18N4O4. The first-order chi connectivity index (χ1) is 12.5. The first-order valence-electron chi connectivity index (χ1n) is 7.89. The van der Waals surface area contributed by atoms with E-state index in [0.29, 0.717) is 17.0 Å². The molecule has 3 rings (SSSR count). The predicted molar refractivity (Wildman–Crippen MR) is 93.7 cm³/mol. The maximum absolute atomic E-state index is 12.6. The van der Waals surface area contributed by atoms with Crippen LogP contribution < -0.4 is 16.0 Å². The third-order valence-electron chi connectivity index (χ3n) is 4.07. The second-order valence-electron chi connectivity index (χ2n) is 5.76. The zero-order valence-corrected chi connectivity index (χ0v) is 14.1. The molecule has 1 heterocycles. The molecule has 134 valence electrons. The molecule has 0 saturated carbocycles. The summed E-state index contributed by atoms with van der Waals surface area (Å²) in [7, 11) is 1.55. The molecule has 4 amide bonds. The fraction of sp³-hybridized carbons (Fsp3) is 0.167. The summed E-state index contributed by atoms with van der Waals surface area (Å²) in [6, 6.07) is 13.2. The van der Waals surface area contributed by atoms with Gasteiger partial charge in [-0.05, 0) is 35.4 Å². The lowest BCUT2D eigenvalue weighted by Gasteiger charge is -2.16. The number of nitrogens with zero attached hydrogens (tertiary/aromatic N) is 2. The Labute approximate surface area is 150 Å². The minimum absolute atomic E-state index is 0.00195. The van der Waals surface area contributed by atoms with Gasteiger partial charge in [-0.25, -0.2) is 4.79 Å². The highest BCUT2D eigenvalue weighted by atomic mass is 16.5. The van der Waals surface area contributed by atoms with Crippen LogP contribution in [-0.2, 0) is 22.7 Å². The van der Waals surface area contributed by atoms with Crippen molar-refractivity contribution in [1.29, 1.82) is 0 Å². The fourth-order valence-electron chi connectivity index (χ4n) is 2.68. The maximum Gasteiger partial charge on any atom is 0.334 e. The Kier molecular flexibility index (Phi) is 4.85. The van der Waals surface area contributed by atoms with Crippen LogP contribution in [0.2, 0.25) is 0 Å². The molecule has 2 aromatic carbocycles. The Bertz CT molecular complexity index is 851. The summed E-state index contributed by atoms with van der Waals surface area (Å²) in [6.07, 6.45) is 0. The largest absolute Gasteiger partial charge is 0.497 e. The number of amides is 4. The van der Waals surface area contributed by atoms with E-state index in [1.165, 1.54) is 0 Å². The molecule has 0 bridgehead atoms. The van der Waals surface area contributed by atoms with Gasteiger partial charge in [-0.1, -0.05) is 24.3 Å². The number of benzene rings is 2. The molecule has 8 nitrogen and oxygen atoms in total. The summed E-state index contributed by atoms with van der Waals surface area (Å²) in [6.45, 7) is 0.0202. The first-order valence-corrected chi connectivity index (χ1v) is 7.89. The lowest BCUT2D eigenvalue weighted by atomic mass is 10.2. The molecular weight excluding hydrogens is 336 g/mol. The molecule has 0 unspecified atom stereocenters. The van der Waals surface area contributed by atoms with Gasteiger partial charge in [0.15, 0.2) is 0 Å². The summed E-state index contributed by atoms with van der Waals surface area (Å²) < 4.78 is 5.08. The van der Waals surface area contributed by atoms with Crippen molar-refractivity contribution in [2.45, 2.75) is 13.1 Å². The van der Waals surface area contributed by atoms with Gasteiger partial charge in [-0.3, -0.25) is 25.2 Å². The summed E-state index contributed by atoms with van der Waals surface area (Å²) in [5, 5.41) is 0. The normalized spacial score (nSPS) is 14.2. The van der Waals surface area contributed by atoms with E-state index < -0.39 is 17.8 Å². The summed E-state index contributed by atoms with van der Waals surface area (Å²) in [5.41, 5.74) is 4.54. The van der Waals surface area contributed by atoms with Crippen LogP contribution in [-0.4, -0.2) is 34.8 Å². The van der Waals surface area contributed by atoms with Crippen LogP contribution in [0.15, 0.2) is 48.5 Å². The number of imide groups is 2. The number of nitrogens with two attached hydrogens (primary N) is 1. The molecule has 8 heteroatoms. The smallest absolute Gasteiger partial charge is 0.334 e. The van der Waals surface area contributed by atoms with E-state index in [1.807, 2.05) is 0 Å². The van der Waals surface area contributed by atoms with Gasteiger partial charge in [0.1, 0.15) is 5.75 Å². The van der Waals surface area contributed by atoms with Crippen LogP contribution in [0.5, 0.6) is 5.75 Å². The van der Waals surface area contributed by atoms with E-state index in [9.17, 15) is 14.4 Å². The molecule has 2 aromatic rings. The van der Waals surface area contributed by atoms with Crippen molar-refractivity contribution in [2.75, 3.05) is 12.5 Å². The number of hydrazine groups is 1. The average molecular weight is 354 g/mol. The van der Waals surface area contributed by atoms with Gasteiger partial charge in [-0.15, -0.1) is 0 Å². The van der Waals surface area contributed by atoms with E-state index in [-0.39, 0.29) is 13.1 Å². The highest BCUT2D eigenvalue weighted by molar-refractivity contribution is 6.44. The topological polar surface area (TPSA) is 105 Å². The van der Waals surface area contributed by atoms with Gasteiger partial charge in [-0.2, -0.15) is 0 Å². The Morgan fingerprint density at radius 1 is 0.923 bits per heavy atom. The number of rotatable bonds is 6. The SMILES string of the molecule is COc1ccc(CN2C(=O)C(=O)N(Cc3cccc(NN)c3)C2=O)cc1. The third kappa shape index (κ3) is 3.35. The molecule has 1 aliphatic rings. The van der Waals surface area contributed by atoms with Crippen molar-refractivity contribution in [3.63, 3.8) is 0 Å². The molecule has 0 radical (unpaired) electrons. The summed E-state index contributed by atoms with van der Waals surface area (Å²) in [4.78, 5) is 38.9. The monoisotopic (exact) mass is 354 g/mol. The van der Waals surface area contributed by atoms with E-state index in [1.54, 1.807) is 55.6 Å². The van der Waals surface area contributed by atoms with Gasteiger partial charge in [0.25, 0.3) is 0 Å². The average Bonchev–Trinajstić information content (AvgIpc) is 2.87. The van der Waals surface area contributed by atoms with Crippen LogP contribution in [0.3, 0.4) is 0 Å². The lowest BCUT2D eigenvalue weighted by molar-refractivity contribution is -0.143. The van der Waals surface area contributed by atoms with E-state index in [0.717, 1.165) is 15.4 Å². The molecule has 1 aliphatic heterocycles. The Balaban J connectivity index is 1.76. The Hall–Kier alpha value is -3.39. The summed E-state index contributed by atoms with van der Waals surface area (Å²) in [5.74, 6) is 4.36. The number of carbonyl (C=O) groups is 3. The van der Waals surface area contributed by atoms with Crippen molar-refractivity contribution < 1.29 is 19.1 Å². The highest BCUT2D eigenvalue weighted by Crippen LogP contribution is 2.21. The van der Waals surface area contributed by atoms with Crippen molar-refractivity contribution in [3.8, 4) is 5.75 Å². The Morgan fingerprint density at radius 3 is 2.12 bits per heavy atom. The number of hydrogen-bond acceptors (Lipinski definition) is 6. The van der Waals surface area contributed by atoms with E-state index in [2.05, 4.69) is 5.43 Å². The van der Waals surface area contributed by atoms with Gasteiger partial charge >= 0.3 is 17.8 Å². The molecule has 26 heavy (non-hydrogen) atoms. The van der Waals surface area contributed by atoms with Crippen LogP contribution in [0.25, 0.3) is 0 Å². The van der Waals surface area contributed by atoms with Gasteiger partial charge in [0.2, 0.25) is 0 Å². The molecule has 3 N–H and O–H groups in total. The van der Waals surface area contributed by atoms with Gasteiger partial charge in [0.05, 0.1) is 20.2 Å². The van der Waals surface area contributed by atoms with E-state index >= 15 is 0 Å². The van der Waals surface area contributed by atoms with Crippen LogP contribution in [0, 0.1) is 0 Å². The minimum atomic E-state index is -0.838. The number of nitrogen functional groups attached to an aromatic ring is 1. The standard InChI is InChI=1S/C18H18N4O4/c1-26-15-7-5-12(6-8-15)10-21-16(23)17(24)22(18(21)25)11-13-3-2-4-14(9-13)20-19/h2-9,20H,10-11,19H2,1H3. The van der Waals surface area contributed by atoms with Crippen molar-refractivity contribution in [2.24, 2.45) is 5.84 Å². The molecule has 0 atom stereocenters. The molecule has 1 saturated heterocycles. The predicted octanol–water partition coefficient (Wildman–Crippen LogP) is 1.47. The van der Waals surface area contributed by atoms with Gasteiger partial charge in [0, 0.05) is 5.69 Å². The number of hydrogen-bond donors (Lipinski definition) is 2. The lowest BCUT2D eigenvalue weighted by Crippen LogP contribution is -2.32. The van der Waals surface area contributed by atoms with Crippen LogP contribution in [0.4, 0.5) is 10.5 Å². The second-order valence-corrected chi connectivity index (χ2v) is 5.76. The minimum Gasteiger partial charge on any atom is -0.497 e. The fourth-order valence-corrected chi connectivity index (χ4v) is 2.68. The Morgan fingerprint density at radius 2 is 1.54 bits per heavy atom. The molecule has 0 spiro atoms. The van der Waals surface area contributed by atoms with Crippen molar-refractivity contribution >= 4 is 23.5 Å². The quantitative estimate of drug-likeness (QED) is 0.352. The first kappa shape index (κ1) is 17.4. The van der Waals surface area contributed by atoms with Crippen molar-refractivity contribution in [3.05, 3.63) is 59.7 Å². The number of urea groups is 1. The van der Waals surface area contributed by atoms with Crippen molar-refractivity contribution in [1.82, 2.24) is 9.80 Å². The van der Waals surface area contributed by atoms with E-state index in [4.69, 9.17) is 10.6 Å². The molecule has 1 fully saturated rings. The number of nitrogens with one attached hydrogen (secondary N) is 1. The molecule has 0 aromatic heterocycles. The zero-order chi connectivity index (χ0) is 18.7.